The lowest BCUT2D eigenvalue weighted by molar-refractivity contribution is 0.0518. The minimum atomic E-state index is -0.318. The van der Waals surface area contributed by atoms with E-state index in [0.717, 1.165) is 0 Å². The number of furan rings is 1. The third-order valence-corrected chi connectivity index (χ3v) is 4.87. The molecule has 29 heavy (non-hydrogen) atoms. The molecule has 1 fully saturated rings. The highest BCUT2D eigenvalue weighted by Crippen LogP contribution is 2.23. The van der Waals surface area contributed by atoms with E-state index in [4.69, 9.17) is 4.42 Å². The second kappa shape index (κ2) is 8.18. The van der Waals surface area contributed by atoms with Crippen LogP contribution < -0.4 is 5.32 Å². The van der Waals surface area contributed by atoms with Gasteiger partial charge in [0.05, 0.1) is 17.5 Å². The highest BCUT2D eigenvalue weighted by molar-refractivity contribution is 6.00. The Labute approximate surface area is 167 Å². The molecule has 4 rings (SSSR count). The van der Waals surface area contributed by atoms with E-state index in [0.29, 0.717) is 48.9 Å². The number of halogens is 1. The molecule has 1 aromatic heterocycles. The van der Waals surface area contributed by atoms with Gasteiger partial charge in [-0.05, 0) is 48.5 Å². The Morgan fingerprint density at radius 2 is 1.48 bits per heavy atom. The van der Waals surface area contributed by atoms with Crippen molar-refractivity contribution in [2.45, 2.75) is 0 Å². The van der Waals surface area contributed by atoms with Crippen LogP contribution >= 0.6 is 0 Å². The van der Waals surface area contributed by atoms with Crippen LogP contribution in [0, 0.1) is 5.82 Å². The van der Waals surface area contributed by atoms with E-state index in [9.17, 15) is 14.0 Å². The fourth-order valence-electron chi connectivity index (χ4n) is 3.31. The van der Waals surface area contributed by atoms with Crippen molar-refractivity contribution in [1.82, 2.24) is 9.80 Å². The van der Waals surface area contributed by atoms with E-state index in [1.807, 2.05) is 12.1 Å². The maximum Gasteiger partial charge on any atom is 0.289 e. The summed E-state index contributed by atoms with van der Waals surface area (Å²) in [4.78, 5) is 28.9. The second-order valence-corrected chi connectivity index (χ2v) is 6.74. The van der Waals surface area contributed by atoms with Gasteiger partial charge in [0.25, 0.3) is 11.8 Å². The minimum Gasteiger partial charge on any atom is -0.459 e. The lowest BCUT2D eigenvalue weighted by Gasteiger charge is -2.34. The summed E-state index contributed by atoms with van der Waals surface area (Å²) in [5, 5.41) is 3.17. The van der Waals surface area contributed by atoms with E-state index >= 15 is 0 Å². The number of anilines is 2. The summed E-state index contributed by atoms with van der Waals surface area (Å²) in [6.45, 7) is 1.77. The van der Waals surface area contributed by atoms with Gasteiger partial charge in [0.2, 0.25) is 0 Å². The zero-order chi connectivity index (χ0) is 20.2. The zero-order valence-electron chi connectivity index (χ0n) is 15.7. The number of hydrogen-bond acceptors (Lipinski definition) is 4. The van der Waals surface area contributed by atoms with Crippen LogP contribution in [0.4, 0.5) is 15.8 Å². The van der Waals surface area contributed by atoms with Crippen LogP contribution in [0.2, 0.25) is 0 Å². The van der Waals surface area contributed by atoms with Crippen molar-refractivity contribution in [3.8, 4) is 0 Å². The molecule has 0 aliphatic carbocycles. The van der Waals surface area contributed by atoms with Crippen molar-refractivity contribution in [1.29, 1.82) is 0 Å². The van der Waals surface area contributed by atoms with Crippen molar-refractivity contribution in [3.63, 3.8) is 0 Å². The van der Waals surface area contributed by atoms with Crippen molar-refractivity contribution in [2.24, 2.45) is 0 Å². The molecule has 148 valence electrons. The Bertz CT molecular complexity index is 994. The van der Waals surface area contributed by atoms with Crippen LogP contribution in [0.5, 0.6) is 0 Å². The lowest BCUT2D eigenvalue weighted by atomic mass is 10.1. The van der Waals surface area contributed by atoms with Gasteiger partial charge in [-0.3, -0.25) is 9.59 Å². The van der Waals surface area contributed by atoms with Gasteiger partial charge >= 0.3 is 0 Å². The first-order chi connectivity index (χ1) is 14.1. The number of carbonyl (C=O) groups excluding carboxylic acids is 2. The van der Waals surface area contributed by atoms with E-state index in [1.165, 1.54) is 18.4 Å². The number of amides is 2. The Morgan fingerprint density at radius 3 is 2.14 bits per heavy atom. The number of benzene rings is 2. The predicted molar refractivity (Wildman–Crippen MR) is 107 cm³/mol. The standard InChI is InChI=1S/C22H20FN3O3/c23-16-7-9-17(10-8-16)24-19-5-2-1-4-18(19)21(27)25-11-13-26(14-12-25)22(28)20-6-3-15-29-20/h1-10,15,24H,11-14H2. The molecule has 0 atom stereocenters. The van der Waals surface area contributed by atoms with Crippen LogP contribution in [0.25, 0.3) is 0 Å². The van der Waals surface area contributed by atoms with Gasteiger partial charge in [-0.25, -0.2) is 4.39 Å². The van der Waals surface area contributed by atoms with E-state index in [2.05, 4.69) is 5.32 Å². The third kappa shape index (κ3) is 4.13. The molecule has 1 aliphatic rings. The predicted octanol–water partition coefficient (Wildman–Crippen LogP) is 3.76. The Morgan fingerprint density at radius 1 is 0.828 bits per heavy atom. The van der Waals surface area contributed by atoms with Gasteiger partial charge in [0, 0.05) is 31.9 Å². The molecule has 0 unspecified atom stereocenters. The fourth-order valence-corrected chi connectivity index (χ4v) is 3.31. The maximum atomic E-state index is 13.1. The molecule has 0 radical (unpaired) electrons. The molecular formula is C22H20FN3O3. The lowest BCUT2D eigenvalue weighted by Crippen LogP contribution is -2.50. The van der Waals surface area contributed by atoms with Crippen molar-refractivity contribution in [3.05, 3.63) is 84.1 Å². The Kier molecular flexibility index (Phi) is 5.29. The molecule has 0 spiro atoms. The summed E-state index contributed by atoms with van der Waals surface area (Å²) in [7, 11) is 0. The largest absolute Gasteiger partial charge is 0.459 e. The number of para-hydroxylation sites is 1. The van der Waals surface area contributed by atoms with Crippen LogP contribution in [-0.4, -0.2) is 47.8 Å². The molecule has 0 bridgehead atoms. The number of carbonyl (C=O) groups is 2. The summed E-state index contributed by atoms with van der Waals surface area (Å²) in [6.07, 6.45) is 1.47. The number of rotatable bonds is 4. The highest BCUT2D eigenvalue weighted by atomic mass is 19.1. The first-order valence-corrected chi connectivity index (χ1v) is 9.35. The van der Waals surface area contributed by atoms with Crippen LogP contribution in [0.1, 0.15) is 20.9 Å². The van der Waals surface area contributed by atoms with E-state index in [-0.39, 0.29) is 17.6 Å². The van der Waals surface area contributed by atoms with Gasteiger partial charge in [0.15, 0.2) is 5.76 Å². The average molecular weight is 393 g/mol. The number of nitrogens with zero attached hydrogens (tertiary/aromatic N) is 2. The number of piperazine rings is 1. The molecule has 7 heteroatoms. The SMILES string of the molecule is O=C(c1ccco1)N1CCN(C(=O)c2ccccc2Nc2ccc(F)cc2)CC1. The summed E-state index contributed by atoms with van der Waals surface area (Å²) in [5.41, 5.74) is 1.88. The van der Waals surface area contributed by atoms with Gasteiger partial charge in [-0.2, -0.15) is 0 Å². The first-order valence-electron chi connectivity index (χ1n) is 9.35. The van der Waals surface area contributed by atoms with E-state index in [1.54, 1.807) is 46.2 Å². The fraction of sp³-hybridized carbons (Fsp3) is 0.182. The molecular weight excluding hydrogens is 373 g/mol. The molecule has 2 aromatic carbocycles. The van der Waals surface area contributed by atoms with Gasteiger partial charge < -0.3 is 19.5 Å². The average Bonchev–Trinajstić information content (AvgIpc) is 3.30. The quantitative estimate of drug-likeness (QED) is 0.733. The molecule has 1 N–H and O–H groups in total. The normalized spacial score (nSPS) is 14.0. The van der Waals surface area contributed by atoms with Gasteiger partial charge in [-0.15, -0.1) is 0 Å². The van der Waals surface area contributed by atoms with E-state index < -0.39 is 0 Å². The molecule has 1 saturated heterocycles. The van der Waals surface area contributed by atoms with Gasteiger partial charge in [0.1, 0.15) is 5.82 Å². The molecule has 3 aromatic rings. The number of hydrogen-bond donors (Lipinski definition) is 1. The molecule has 2 amide bonds. The topological polar surface area (TPSA) is 65.8 Å². The molecule has 0 saturated carbocycles. The van der Waals surface area contributed by atoms with Crippen LogP contribution in [0.15, 0.2) is 71.3 Å². The van der Waals surface area contributed by atoms with Crippen LogP contribution in [-0.2, 0) is 0 Å². The van der Waals surface area contributed by atoms with Crippen LogP contribution in [0.3, 0.4) is 0 Å². The Hall–Kier alpha value is -3.61. The third-order valence-electron chi connectivity index (χ3n) is 4.87. The second-order valence-electron chi connectivity index (χ2n) is 6.74. The monoisotopic (exact) mass is 393 g/mol. The number of nitrogens with one attached hydrogen (secondary N) is 1. The molecule has 2 heterocycles. The maximum absolute atomic E-state index is 13.1. The molecule has 1 aliphatic heterocycles. The van der Waals surface area contributed by atoms with Crippen molar-refractivity contribution >= 4 is 23.2 Å². The first kappa shape index (κ1) is 18.7. The van der Waals surface area contributed by atoms with Crippen molar-refractivity contribution < 1.29 is 18.4 Å². The highest BCUT2D eigenvalue weighted by Gasteiger charge is 2.27. The smallest absolute Gasteiger partial charge is 0.289 e. The summed E-state index contributed by atoms with van der Waals surface area (Å²) in [5.74, 6) is -0.290. The Balaban J connectivity index is 1.44. The van der Waals surface area contributed by atoms with Crippen molar-refractivity contribution in [2.75, 3.05) is 31.5 Å². The molecule has 6 nitrogen and oxygen atoms in total. The summed E-state index contributed by atoms with van der Waals surface area (Å²) < 4.78 is 18.3. The summed E-state index contributed by atoms with van der Waals surface area (Å²) in [6, 6.07) is 16.5. The summed E-state index contributed by atoms with van der Waals surface area (Å²) >= 11 is 0. The minimum absolute atomic E-state index is 0.111. The zero-order valence-corrected chi connectivity index (χ0v) is 15.7. The van der Waals surface area contributed by atoms with Gasteiger partial charge in [-0.1, -0.05) is 12.1 Å².